The quantitative estimate of drug-likeness (QED) is 0.369. The highest BCUT2D eigenvalue weighted by molar-refractivity contribution is 6.20. The van der Waals surface area contributed by atoms with Crippen molar-refractivity contribution in [2.45, 2.75) is 26.2 Å². The molecule has 146 valence electrons. The van der Waals surface area contributed by atoms with Crippen LogP contribution in [0, 0.1) is 5.41 Å². The zero-order valence-corrected chi connectivity index (χ0v) is 16.5. The number of Topliss-reactive ketones (excluding diaryl/α,β-unsaturated/α-hetero) is 3. The van der Waals surface area contributed by atoms with Gasteiger partial charge in [-0.1, -0.05) is 91.0 Å². The van der Waals surface area contributed by atoms with E-state index in [1.165, 1.54) is 6.92 Å². The summed E-state index contributed by atoms with van der Waals surface area (Å²) in [7, 11) is 0. The Hall–Kier alpha value is -3.33. The molecular formula is C26H24O3. The van der Waals surface area contributed by atoms with E-state index in [9.17, 15) is 14.4 Å². The first-order chi connectivity index (χ1) is 14.0. The highest BCUT2D eigenvalue weighted by Crippen LogP contribution is 2.37. The van der Waals surface area contributed by atoms with Crippen LogP contribution >= 0.6 is 0 Å². The third-order valence-electron chi connectivity index (χ3n) is 5.19. The minimum absolute atomic E-state index is 0.0378. The third kappa shape index (κ3) is 4.75. The SMILES string of the molecule is CC(=O)CCC(Cc1ccccc1)(C(=O)c1ccccc1)C(=O)c1ccccc1. The summed E-state index contributed by atoms with van der Waals surface area (Å²) < 4.78 is 0. The van der Waals surface area contributed by atoms with Crippen LogP contribution < -0.4 is 0 Å². The smallest absolute Gasteiger partial charge is 0.177 e. The molecule has 3 aromatic rings. The van der Waals surface area contributed by atoms with Gasteiger partial charge in [0.1, 0.15) is 11.2 Å². The van der Waals surface area contributed by atoms with Crippen molar-refractivity contribution in [3.8, 4) is 0 Å². The van der Waals surface area contributed by atoms with Crippen LogP contribution in [0.2, 0.25) is 0 Å². The summed E-state index contributed by atoms with van der Waals surface area (Å²) in [5, 5.41) is 0. The van der Waals surface area contributed by atoms with E-state index in [4.69, 9.17) is 0 Å². The fourth-order valence-electron chi connectivity index (χ4n) is 3.64. The molecule has 0 aliphatic heterocycles. The molecule has 3 nitrogen and oxygen atoms in total. The summed E-state index contributed by atoms with van der Waals surface area (Å²) in [6.07, 6.45) is 0.602. The summed E-state index contributed by atoms with van der Waals surface area (Å²) in [6, 6.07) is 27.3. The van der Waals surface area contributed by atoms with Crippen molar-refractivity contribution in [3.63, 3.8) is 0 Å². The molecule has 0 heterocycles. The first-order valence-corrected chi connectivity index (χ1v) is 9.76. The Balaban J connectivity index is 2.15. The Morgan fingerprint density at radius 3 is 1.48 bits per heavy atom. The monoisotopic (exact) mass is 384 g/mol. The number of carbonyl (C=O) groups excluding carboxylic acids is 3. The molecule has 0 saturated heterocycles. The molecule has 3 heteroatoms. The van der Waals surface area contributed by atoms with E-state index < -0.39 is 5.41 Å². The number of hydrogen-bond donors (Lipinski definition) is 0. The maximum absolute atomic E-state index is 13.8. The molecule has 0 atom stereocenters. The third-order valence-corrected chi connectivity index (χ3v) is 5.19. The summed E-state index contributed by atoms with van der Waals surface area (Å²) in [5.41, 5.74) is 0.521. The van der Waals surface area contributed by atoms with Gasteiger partial charge < -0.3 is 4.79 Å². The maximum Gasteiger partial charge on any atom is 0.177 e. The predicted octanol–water partition coefficient (Wildman–Crippen LogP) is 5.35. The van der Waals surface area contributed by atoms with Gasteiger partial charge in [0.25, 0.3) is 0 Å². The van der Waals surface area contributed by atoms with E-state index >= 15 is 0 Å². The molecule has 3 aromatic carbocycles. The highest BCUT2D eigenvalue weighted by atomic mass is 16.2. The molecule has 0 radical (unpaired) electrons. The van der Waals surface area contributed by atoms with Crippen LogP contribution in [0.1, 0.15) is 46.0 Å². The van der Waals surface area contributed by atoms with E-state index in [1.54, 1.807) is 48.5 Å². The normalized spacial score (nSPS) is 11.1. The zero-order valence-electron chi connectivity index (χ0n) is 16.5. The maximum atomic E-state index is 13.8. The molecule has 0 unspecified atom stereocenters. The minimum atomic E-state index is -1.34. The van der Waals surface area contributed by atoms with E-state index in [2.05, 4.69) is 0 Å². The van der Waals surface area contributed by atoms with Gasteiger partial charge in [-0.3, -0.25) is 9.59 Å². The standard InChI is InChI=1S/C26H24O3/c1-20(27)17-18-26(19-21-11-5-2-6-12-21,24(28)22-13-7-3-8-14-22)25(29)23-15-9-4-10-16-23/h2-16H,17-19H2,1H3. The van der Waals surface area contributed by atoms with Crippen LogP contribution in [0.5, 0.6) is 0 Å². The molecule has 29 heavy (non-hydrogen) atoms. The van der Waals surface area contributed by atoms with E-state index in [0.717, 1.165) is 5.56 Å². The van der Waals surface area contributed by atoms with Crippen LogP contribution in [0.15, 0.2) is 91.0 Å². The molecule has 0 aliphatic carbocycles. The Bertz CT molecular complexity index is 925. The van der Waals surface area contributed by atoms with Gasteiger partial charge in [-0.15, -0.1) is 0 Å². The lowest BCUT2D eigenvalue weighted by Gasteiger charge is -2.31. The fourth-order valence-corrected chi connectivity index (χ4v) is 3.64. The molecule has 0 aliphatic rings. The molecule has 0 spiro atoms. The first kappa shape index (κ1) is 20.4. The lowest BCUT2D eigenvalue weighted by Crippen LogP contribution is -2.42. The Labute approximate surface area is 171 Å². The van der Waals surface area contributed by atoms with Gasteiger partial charge in [-0.25, -0.2) is 0 Å². The largest absolute Gasteiger partial charge is 0.300 e. The van der Waals surface area contributed by atoms with Crippen LogP contribution in [0.4, 0.5) is 0 Å². The van der Waals surface area contributed by atoms with Gasteiger partial charge in [0, 0.05) is 17.5 Å². The van der Waals surface area contributed by atoms with E-state index in [-0.39, 0.29) is 36.6 Å². The number of rotatable bonds is 9. The molecule has 0 bridgehead atoms. The zero-order chi connectivity index (χ0) is 20.7. The average Bonchev–Trinajstić information content (AvgIpc) is 2.77. The van der Waals surface area contributed by atoms with E-state index in [0.29, 0.717) is 11.1 Å². The van der Waals surface area contributed by atoms with Gasteiger partial charge in [0.2, 0.25) is 0 Å². The van der Waals surface area contributed by atoms with Gasteiger partial charge in [0.05, 0.1) is 0 Å². The van der Waals surface area contributed by atoms with Crippen molar-refractivity contribution in [1.82, 2.24) is 0 Å². The molecule has 3 rings (SSSR count). The molecule has 0 N–H and O–H groups in total. The highest BCUT2D eigenvalue weighted by Gasteiger charge is 2.46. The number of ketones is 3. The first-order valence-electron chi connectivity index (χ1n) is 9.76. The second kappa shape index (κ2) is 9.24. The Kier molecular flexibility index (Phi) is 6.50. The van der Waals surface area contributed by atoms with Gasteiger partial charge in [0.15, 0.2) is 11.6 Å². The summed E-state index contributed by atoms with van der Waals surface area (Å²) >= 11 is 0. The van der Waals surface area contributed by atoms with Gasteiger partial charge in [-0.05, 0) is 25.3 Å². The number of carbonyl (C=O) groups is 3. The molecule has 0 saturated carbocycles. The minimum Gasteiger partial charge on any atom is -0.300 e. The van der Waals surface area contributed by atoms with Crippen molar-refractivity contribution in [2.75, 3.05) is 0 Å². The fraction of sp³-hybridized carbons (Fsp3) is 0.192. The summed E-state index contributed by atoms with van der Waals surface area (Å²) in [5.74, 6) is -0.515. The van der Waals surface area contributed by atoms with Crippen LogP contribution in [-0.2, 0) is 11.2 Å². The van der Waals surface area contributed by atoms with Crippen molar-refractivity contribution >= 4 is 17.3 Å². The lowest BCUT2D eigenvalue weighted by molar-refractivity contribution is -0.117. The second-order valence-electron chi connectivity index (χ2n) is 7.34. The van der Waals surface area contributed by atoms with Gasteiger partial charge in [-0.2, -0.15) is 0 Å². The van der Waals surface area contributed by atoms with Crippen LogP contribution in [-0.4, -0.2) is 17.3 Å². The predicted molar refractivity (Wildman–Crippen MR) is 114 cm³/mol. The average molecular weight is 384 g/mol. The number of hydrogen-bond acceptors (Lipinski definition) is 3. The Morgan fingerprint density at radius 1 is 0.655 bits per heavy atom. The number of benzene rings is 3. The molecule has 0 fully saturated rings. The van der Waals surface area contributed by atoms with Crippen LogP contribution in [0.3, 0.4) is 0 Å². The van der Waals surface area contributed by atoms with Gasteiger partial charge >= 0.3 is 0 Å². The molecular weight excluding hydrogens is 360 g/mol. The topological polar surface area (TPSA) is 51.2 Å². The summed E-state index contributed by atoms with van der Waals surface area (Å²) in [4.78, 5) is 39.4. The molecule has 0 aromatic heterocycles. The van der Waals surface area contributed by atoms with Crippen molar-refractivity contribution < 1.29 is 14.4 Å². The van der Waals surface area contributed by atoms with Crippen molar-refractivity contribution in [2.24, 2.45) is 5.41 Å². The van der Waals surface area contributed by atoms with Crippen molar-refractivity contribution in [1.29, 1.82) is 0 Å². The lowest BCUT2D eigenvalue weighted by atomic mass is 9.67. The summed E-state index contributed by atoms with van der Waals surface area (Å²) in [6.45, 7) is 1.49. The van der Waals surface area contributed by atoms with Crippen LogP contribution in [0.25, 0.3) is 0 Å². The Morgan fingerprint density at radius 2 is 1.07 bits per heavy atom. The molecule has 0 amide bonds. The van der Waals surface area contributed by atoms with E-state index in [1.807, 2.05) is 42.5 Å². The second-order valence-corrected chi connectivity index (χ2v) is 7.34. The van der Waals surface area contributed by atoms with Crippen molar-refractivity contribution in [3.05, 3.63) is 108 Å².